The van der Waals surface area contributed by atoms with Gasteiger partial charge in [-0.1, -0.05) is 23.7 Å². The zero-order valence-corrected chi connectivity index (χ0v) is 15.1. The monoisotopic (exact) mass is 352 g/mol. The number of nitrogens with zero attached hydrogens (tertiary/aromatic N) is 3. The molecule has 2 rings (SSSR count). The van der Waals surface area contributed by atoms with E-state index in [0.717, 1.165) is 23.2 Å². The van der Waals surface area contributed by atoms with Crippen molar-refractivity contribution in [1.29, 1.82) is 0 Å². The fraction of sp³-hybridized carbons (Fsp3) is 0.375. The average molecular weight is 353 g/mol. The normalized spacial score (nSPS) is 11.4. The summed E-state index contributed by atoms with van der Waals surface area (Å²) < 4.78 is 5.65. The van der Waals surface area contributed by atoms with Crippen molar-refractivity contribution < 1.29 is 4.74 Å². The van der Waals surface area contributed by atoms with Gasteiger partial charge in [-0.05, 0) is 19.1 Å². The number of aromatic nitrogens is 1. The summed E-state index contributed by atoms with van der Waals surface area (Å²) in [5, 5.41) is 7.03. The smallest absolute Gasteiger partial charge is 0.193 e. The van der Waals surface area contributed by atoms with Crippen LogP contribution in [0.5, 0.6) is 5.75 Å². The van der Waals surface area contributed by atoms with E-state index in [1.807, 2.05) is 43.1 Å². The second-order valence-corrected chi connectivity index (χ2v) is 6.44. The Kier molecular flexibility index (Phi) is 6.67. The molecule has 0 aliphatic carbocycles. The van der Waals surface area contributed by atoms with Gasteiger partial charge in [0.15, 0.2) is 5.96 Å². The molecule has 23 heavy (non-hydrogen) atoms. The number of rotatable bonds is 6. The first-order valence-corrected chi connectivity index (χ1v) is 8.56. The third-order valence-corrected chi connectivity index (χ3v) is 4.25. The standard InChI is InChI=1S/C16H21ClN4OS/c1-12-20-13(11-23-12)10-21(3)16(18-2)19-8-9-22-15-7-5-4-6-14(15)17/h4-7,11H,8-10H2,1-3H3,(H,18,19). The lowest BCUT2D eigenvalue weighted by atomic mass is 10.3. The molecule has 0 radical (unpaired) electrons. The Bertz CT molecular complexity index is 659. The lowest BCUT2D eigenvalue weighted by molar-refractivity contribution is 0.319. The first-order chi connectivity index (χ1) is 11.1. The van der Waals surface area contributed by atoms with Crippen LogP contribution >= 0.6 is 22.9 Å². The molecular formula is C16H21ClN4OS. The molecule has 0 amide bonds. The fourth-order valence-electron chi connectivity index (χ4n) is 2.07. The van der Waals surface area contributed by atoms with Crippen molar-refractivity contribution in [3.05, 3.63) is 45.4 Å². The highest BCUT2D eigenvalue weighted by molar-refractivity contribution is 7.09. The molecule has 1 heterocycles. The summed E-state index contributed by atoms with van der Waals surface area (Å²) in [6.07, 6.45) is 0. The number of aryl methyl sites for hydroxylation is 1. The maximum atomic E-state index is 6.05. The van der Waals surface area contributed by atoms with Gasteiger partial charge in [-0.25, -0.2) is 4.98 Å². The number of ether oxygens (including phenoxy) is 1. The molecule has 0 unspecified atom stereocenters. The minimum atomic E-state index is 0.506. The summed E-state index contributed by atoms with van der Waals surface area (Å²) in [4.78, 5) is 10.8. The zero-order valence-electron chi connectivity index (χ0n) is 13.5. The van der Waals surface area contributed by atoms with Crippen molar-refractivity contribution in [2.45, 2.75) is 13.5 Å². The molecule has 0 saturated heterocycles. The third kappa shape index (κ3) is 5.41. The second-order valence-electron chi connectivity index (χ2n) is 4.97. The van der Waals surface area contributed by atoms with E-state index in [4.69, 9.17) is 16.3 Å². The van der Waals surface area contributed by atoms with Crippen molar-refractivity contribution in [1.82, 2.24) is 15.2 Å². The summed E-state index contributed by atoms with van der Waals surface area (Å²) in [5.41, 5.74) is 1.05. The first kappa shape index (κ1) is 17.6. The molecule has 0 saturated carbocycles. The number of aliphatic imine (C=N–C) groups is 1. The van der Waals surface area contributed by atoms with Crippen molar-refractivity contribution in [3.63, 3.8) is 0 Å². The molecule has 0 atom stereocenters. The predicted octanol–water partition coefficient (Wildman–Crippen LogP) is 3.19. The minimum absolute atomic E-state index is 0.506. The summed E-state index contributed by atoms with van der Waals surface area (Å²) in [6.45, 7) is 3.87. The molecular weight excluding hydrogens is 332 g/mol. The fourth-order valence-corrected chi connectivity index (χ4v) is 2.86. The van der Waals surface area contributed by atoms with Gasteiger partial charge in [0, 0.05) is 19.5 Å². The lowest BCUT2D eigenvalue weighted by Crippen LogP contribution is -2.40. The highest BCUT2D eigenvalue weighted by Crippen LogP contribution is 2.22. The van der Waals surface area contributed by atoms with Crippen LogP contribution in [0.3, 0.4) is 0 Å². The Morgan fingerprint density at radius 1 is 1.43 bits per heavy atom. The van der Waals surface area contributed by atoms with E-state index in [-0.39, 0.29) is 0 Å². The largest absolute Gasteiger partial charge is 0.490 e. The molecule has 5 nitrogen and oxygen atoms in total. The Morgan fingerprint density at radius 2 is 2.22 bits per heavy atom. The molecule has 0 bridgehead atoms. The lowest BCUT2D eigenvalue weighted by Gasteiger charge is -2.21. The number of hydrogen-bond acceptors (Lipinski definition) is 4. The van der Waals surface area contributed by atoms with Crippen LogP contribution in [-0.4, -0.2) is 43.1 Å². The maximum absolute atomic E-state index is 6.05. The van der Waals surface area contributed by atoms with Gasteiger partial charge >= 0.3 is 0 Å². The van der Waals surface area contributed by atoms with Gasteiger partial charge < -0.3 is 15.0 Å². The van der Waals surface area contributed by atoms with Gasteiger partial charge in [0.2, 0.25) is 0 Å². The van der Waals surface area contributed by atoms with E-state index in [1.165, 1.54) is 0 Å². The van der Waals surface area contributed by atoms with Crippen LogP contribution in [0.4, 0.5) is 0 Å². The maximum Gasteiger partial charge on any atom is 0.193 e. The quantitative estimate of drug-likeness (QED) is 0.493. The molecule has 124 valence electrons. The molecule has 0 spiro atoms. The molecule has 1 aromatic carbocycles. The van der Waals surface area contributed by atoms with Crippen LogP contribution in [0.15, 0.2) is 34.6 Å². The molecule has 1 N–H and O–H groups in total. The molecule has 0 fully saturated rings. The van der Waals surface area contributed by atoms with Crippen LogP contribution in [-0.2, 0) is 6.54 Å². The molecule has 0 aliphatic rings. The highest BCUT2D eigenvalue weighted by Gasteiger charge is 2.08. The number of benzene rings is 1. The van der Waals surface area contributed by atoms with Gasteiger partial charge in [0.05, 0.1) is 28.8 Å². The summed E-state index contributed by atoms with van der Waals surface area (Å²) in [5.74, 6) is 1.50. The Labute approximate surface area is 146 Å². The van der Waals surface area contributed by atoms with Crippen molar-refractivity contribution in [2.24, 2.45) is 4.99 Å². The Morgan fingerprint density at radius 3 is 2.87 bits per heavy atom. The van der Waals surface area contributed by atoms with Crippen LogP contribution in [0.1, 0.15) is 10.7 Å². The summed E-state index contributed by atoms with van der Waals surface area (Å²) >= 11 is 7.71. The topological polar surface area (TPSA) is 49.8 Å². The zero-order chi connectivity index (χ0) is 16.7. The van der Waals surface area contributed by atoms with Gasteiger partial charge in [0.1, 0.15) is 12.4 Å². The van der Waals surface area contributed by atoms with Crippen molar-refractivity contribution in [2.75, 3.05) is 27.2 Å². The third-order valence-electron chi connectivity index (χ3n) is 3.12. The van der Waals surface area contributed by atoms with E-state index in [0.29, 0.717) is 23.9 Å². The van der Waals surface area contributed by atoms with Crippen LogP contribution in [0.25, 0.3) is 0 Å². The van der Waals surface area contributed by atoms with Gasteiger partial charge in [-0.15, -0.1) is 11.3 Å². The number of guanidine groups is 1. The van der Waals surface area contributed by atoms with E-state index in [1.54, 1.807) is 18.4 Å². The van der Waals surface area contributed by atoms with E-state index >= 15 is 0 Å². The van der Waals surface area contributed by atoms with E-state index in [9.17, 15) is 0 Å². The highest BCUT2D eigenvalue weighted by atomic mass is 35.5. The number of para-hydroxylation sites is 1. The predicted molar refractivity (Wildman–Crippen MR) is 96.6 cm³/mol. The van der Waals surface area contributed by atoms with Gasteiger partial charge in [-0.3, -0.25) is 4.99 Å². The Hall–Kier alpha value is -1.79. The number of nitrogens with one attached hydrogen (secondary N) is 1. The number of thiazole rings is 1. The SMILES string of the molecule is CN=C(NCCOc1ccccc1Cl)N(C)Cc1csc(C)n1. The summed E-state index contributed by atoms with van der Waals surface area (Å²) in [6, 6.07) is 7.45. The minimum Gasteiger partial charge on any atom is -0.490 e. The molecule has 2 aromatic rings. The van der Waals surface area contributed by atoms with Crippen molar-refractivity contribution >= 4 is 28.9 Å². The Balaban J connectivity index is 1.77. The van der Waals surface area contributed by atoms with Crippen LogP contribution in [0.2, 0.25) is 5.02 Å². The van der Waals surface area contributed by atoms with E-state index < -0.39 is 0 Å². The molecule has 1 aromatic heterocycles. The number of halogens is 1. The molecule has 0 aliphatic heterocycles. The number of hydrogen-bond donors (Lipinski definition) is 1. The van der Waals surface area contributed by atoms with Gasteiger partial charge in [-0.2, -0.15) is 0 Å². The first-order valence-electron chi connectivity index (χ1n) is 7.30. The average Bonchev–Trinajstić information content (AvgIpc) is 2.94. The molecule has 7 heteroatoms. The van der Waals surface area contributed by atoms with E-state index in [2.05, 4.69) is 20.7 Å². The summed E-state index contributed by atoms with van der Waals surface area (Å²) in [7, 11) is 3.75. The van der Waals surface area contributed by atoms with Crippen LogP contribution in [0, 0.1) is 6.92 Å². The second kappa shape index (κ2) is 8.74. The van der Waals surface area contributed by atoms with Gasteiger partial charge in [0.25, 0.3) is 0 Å². The van der Waals surface area contributed by atoms with Crippen molar-refractivity contribution in [3.8, 4) is 5.75 Å². The van der Waals surface area contributed by atoms with Crippen LogP contribution < -0.4 is 10.1 Å².